The summed E-state index contributed by atoms with van der Waals surface area (Å²) in [7, 11) is 0. The number of nitrogens with one attached hydrogen (secondary N) is 2. The van der Waals surface area contributed by atoms with Crippen LogP contribution in [0.3, 0.4) is 0 Å². The van der Waals surface area contributed by atoms with E-state index in [1.54, 1.807) is 23.0 Å². The zero-order valence-electron chi connectivity index (χ0n) is 16.1. The van der Waals surface area contributed by atoms with Crippen LogP contribution < -0.4 is 16.4 Å². The number of benzene rings is 2. The molecule has 4 N–H and O–H groups in total. The molecule has 3 rings (SSSR count). The first kappa shape index (κ1) is 19.2. The summed E-state index contributed by atoms with van der Waals surface area (Å²) in [6.07, 6.45) is 1.59. The van der Waals surface area contributed by atoms with Crippen molar-refractivity contribution in [2.75, 3.05) is 5.32 Å². The predicted molar refractivity (Wildman–Crippen MR) is 109 cm³/mol. The summed E-state index contributed by atoms with van der Waals surface area (Å²) >= 11 is 0. The lowest BCUT2D eigenvalue weighted by molar-refractivity contribution is 0.0939. The van der Waals surface area contributed by atoms with Crippen molar-refractivity contribution in [3.63, 3.8) is 0 Å². The van der Waals surface area contributed by atoms with Crippen molar-refractivity contribution in [2.45, 2.75) is 26.8 Å². The van der Waals surface area contributed by atoms with Crippen LogP contribution in [-0.4, -0.2) is 21.7 Å². The number of primary amides is 1. The van der Waals surface area contributed by atoms with Crippen LogP contribution in [0.2, 0.25) is 0 Å². The molecule has 0 radical (unpaired) electrons. The highest BCUT2D eigenvalue weighted by molar-refractivity contribution is 5.95. The van der Waals surface area contributed by atoms with Gasteiger partial charge in [0.05, 0.1) is 29.2 Å². The maximum absolute atomic E-state index is 12.8. The van der Waals surface area contributed by atoms with Crippen LogP contribution in [0.25, 0.3) is 5.69 Å². The third-order valence-corrected chi connectivity index (χ3v) is 4.62. The number of hydrogen-bond acceptors (Lipinski definition) is 3. The van der Waals surface area contributed by atoms with Crippen molar-refractivity contribution in [3.8, 4) is 5.69 Å². The lowest BCUT2D eigenvalue weighted by Crippen LogP contribution is -2.27. The Morgan fingerprint density at radius 2 is 1.75 bits per heavy atom. The second kappa shape index (κ2) is 7.96. The van der Waals surface area contributed by atoms with Gasteiger partial charge >= 0.3 is 6.03 Å². The second-order valence-corrected chi connectivity index (χ2v) is 6.65. The van der Waals surface area contributed by atoms with Crippen LogP contribution >= 0.6 is 0 Å². The second-order valence-electron chi connectivity index (χ2n) is 6.65. The summed E-state index contributed by atoms with van der Waals surface area (Å²) in [5.41, 5.74) is 9.96. The van der Waals surface area contributed by atoms with E-state index in [1.807, 2.05) is 57.2 Å². The molecule has 1 unspecified atom stereocenters. The minimum absolute atomic E-state index is 0.191. The topological polar surface area (TPSA) is 102 Å². The molecule has 1 heterocycles. The summed E-state index contributed by atoms with van der Waals surface area (Å²) in [6, 6.07) is 14.2. The van der Waals surface area contributed by atoms with Crippen LogP contribution in [-0.2, 0) is 0 Å². The van der Waals surface area contributed by atoms with E-state index in [0.717, 1.165) is 22.5 Å². The van der Waals surface area contributed by atoms with Crippen molar-refractivity contribution in [2.24, 2.45) is 5.73 Å². The fourth-order valence-corrected chi connectivity index (χ4v) is 3.03. The Morgan fingerprint density at radius 3 is 2.39 bits per heavy atom. The smallest absolute Gasteiger partial charge is 0.316 e. The van der Waals surface area contributed by atoms with Gasteiger partial charge in [0.25, 0.3) is 5.91 Å². The van der Waals surface area contributed by atoms with Crippen molar-refractivity contribution in [1.82, 2.24) is 15.1 Å². The Hall–Kier alpha value is -3.61. The Bertz CT molecular complexity index is 1010. The normalized spacial score (nSPS) is 11.7. The van der Waals surface area contributed by atoms with Gasteiger partial charge in [-0.25, -0.2) is 9.48 Å². The fourth-order valence-electron chi connectivity index (χ4n) is 3.03. The number of para-hydroxylation sites is 1. The highest BCUT2D eigenvalue weighted by Crippen LogP contribution is 2.20. The fraction of sp³-hybridized carbons (Fsp3) is 0.190. The van der Waals surface area contributed by atoms with E-state index in [4.69, 9.17) is 5.73 Å². The van der Waals surface area contributed by atoms with Crippen molar-refractivity contribution in [3.05, 3.63) is 77.1 Å². The minimum atomic E-state index is -0.616. The van der Waals surface area contributed by atoms with Crippen LogP contribution in [0.15, 0.2) is 54.7 Å². The Labute approximate surface area is 163 Å². The van der Waals surface area contributed by atoms with Crippen LogP contribution in [0.4, 0.5) is 10.5 Å². The molecule has 3 amide bonds. The van der Waals surface area contributed by atoms with Gasteiger partial charge in [-0.2, -0.15) is 5.10 Å². The summed E-state index contributed by atoms with van der Waals surface area (Å²) in [5.74, 6) is -0.191. The molecular weight excluding hydrogens is 354 g/mol. The number of anilines is 1. The molecule has 0 saturated carbocycles. The molecule has 0 bridgehead atoms. The maximum atomic E-state index is 12.8. The largest absolute Gasteiger partial charge is 0.351 e. The minimum Gasteiger partial charge on any atom is -0.351 e. The first-order valence-electron chi connectivity index (χ1n) is 8.94. The highest BCUT2D eigenvalue weighted by Gasteiger charge is 2.18. The van der Waals surface area contributed by atoms with Crippen LogP contribution in [0.1, 0.15) is 40.1 Å². The first-order chi connectivity index (χ1) is 13.4. The van der Waals surface area contributed by atoms with Gasteiger partial charge in [0.15, 0.2) is 0 Å². The number of rotatable bonds is 5. The van der Waals surface area contributed by atoms with Gasteiger partial charge in [0.1, 0.15) is 0 Å². The van der Waals surface area contributed by atoms with Crippen molar-refractivity contribution in [1.29, 1.82) is 0 Å². The molecule has 2 aromatic carbocycles. The van der Waals surface area contributed by atoms with Gasteiger partial charge in [-0.3, -0.25) is 4.79 Å². The molecule has 0 fully saturated rings. The summed E-state index contributed by atoms with van der Waals surface area (Å²) in [6.45, 7) is 5.79. The summed E-state index contributed by atoms with van der Waals surface area (Å²) in [4.78, 5) is 23.6. The first-order valence-corrected chi connectivity index (χ1v) is 8.94. The quantitative estimate of drug-likeness (QED) is 0.634. The lowest BCUT2D eigenvalue weighted by atomic mass is 10.1. The number of carbonyl (C=O) groups excluding carboxylic acids is 2. The molecule has 0 aliphatic heterocycles. The number of carbonyl (C=O) groups is 2. The molecule has 0 spiro atoms. The van der Waals surface area contributed by atoms with Gasteiger partial charge in [-0.05, 0) is 50.1 Å². The monoisotopic (exact) mass is 377 g/mol. The van der Waals surface area contributed by atoms with Gasteiger partial charge in [-0.1, -0.05) is 30.3 Å². The number of nitrogens with zero attached hydrogens (tertiary/aromatic N) is 2. The molecule has 0 aliphatic rings. The lowest BCUT2D eigenvalue weighted by Gasteiger charge is -2.15. The number of aryl methyl sites for hydroxylation is 1. The Kier molecular flexibility index (Phi) is 5.44. The third kappa shape index (κ3) is 4.03. The van der Waals surface area contributed by atoms with E-state index in [-0.39, 0.29) is 11.9 Å². The number of nitrogens with two attached hydrogens (primary N) is 1. The van der Waals surface area contributed by atoms with Gasteiger partial charge in [-0.15, -0.1) is 0 Å². The summed E-state index contributed by atoms with van der Waals surface area (Å²) in [5, 5.41) is 9.89. The standard InChI is InChI=1S/C21H23N5O2/c1-13-6-4-5-7-19(13)26-15(3)18(12-23-26)20(27)24-14(2)16-8-10-17(11-9-16)25-21(22)28/h4-12,14H,1-3H3,(H,24,27)(H3,22,25,28). The number of aromatic nitrogens is 2. The van der Waals surface area contributed by atoms with Gasteiger partial charge < -0.3 is 16.4 Å². The van der Waals surface area contributed by atoms with E-state index in [9.17, 15) is 9.59 Å². The van der Waals surface area contributed by atoms with Crippen LogP contribution in [0, 0.1) is 13.8 Å². The highest BCUT2D eigenvalue weighted by atomic mass is 16.2. The molecule has 144 valence electrons. The van der Waals surface area contributed by atoms with E-state index in [0.29, 0.717) is 11.3 Å². The Balaban J connectivity index is 1.74. The zero-order valence-corrected chi connectivity index (χ0v) is 16.1. The molecule has 0 aliphatic carbocycles. The zero-order chi connectivity index (χ0) is 20.3. The average molecular weight is 377 g/mol. The number of amides is 3. The molecule has 1 aromatic heterocycles. The predicted octanol–water partition coefficient (Wildman–Crippen LogP) is 3.47. The van der Waals surface area contributed by atoms with E-state index in [1.165, 1.54) is 0 Å². The SMILES string of the molecule is Cc1ccccc1-n1ncc(C(=O)NC(C)c2ccc(NC(N)=O)cc2)c1C. The van der Waals surface area contributed by atoms with Crippen molar-refractivity contribution < 1.29 is 9.59 Å². The summed E-state index contributed by atoms with van der Waals surface area (Å²) < 4.78 is 1.78. The molecule has 28 heavy (non-hydrogen) atoms. The van der Waals surface area contributed by atoms with E-state index >= 15 is 0 Å². The molecule has 7 heteroatoms. The molecule has 7 nitrogen and oxygen atoms in total. The maximum Gasteiger partial charge on any atom is 0.316 e. The average Bonchev–Trinajstić information content (AvgIpc) is 3.03. The third-order valence-electron chi connectivity index (χ3n) is 4.62. The molecule has 3 aromatic rings. The van der Waals surface area contributed by atoms with E-state index in [2.05, 4.69) is 15.7 Å². The van der Waals surface area contributed by atoms with Gasteiger partial charge in [0.2, 0.25) is 0 Å². The number of urea groups is 1. The molecule has 0 saturated heterocycles. The van der Waals surface area contributed by atoms with Crippen LogP contribution in [0.5, 0.6) is 0 Å². The van der Waals surface area contributed by atoms with E-state index < -0.39 is 6.03 Å². The molecular formula is C21H23N5O2. The molecule has 1 atom stereocenters. The van der Waals surface area contributed by atoms with Gasteiger partial charge in [0, 0.05) is 5.69 Å². The van der Waals surface area contributed by atoms with Crippen molar-refractivity contribution >= 4 is 17.6 Å². The Morgan fingerprint density at radius 1 is 1.07 bits per heavy atom. The number of hydrogen-bond donors (Lipinski definition) is 3.